The number of fused-ring (bicyclic) bond motifs is 1. The maximum Gasteiger partial charge on any atom is 0.256 e. The fraction of sp³-hybridized carbons (Fsp3) is 0.0714. The Morgan fingerprint density at radius 1 is 1.28 bits per heavy atom. The highest BCUT2D eigenvalue weighted by Gasteiger charge is 2.26. The van der Waals surface area contributed by atoms with Crippen LogP contribution in [0.3, 0.4) is 0 Å². The first-order chi connectivity index (χ1) is 8.66. The number of hydrogen-bond donors (Lipinski definition) is 2. The SMILES string of the molecule is C/C(=C1/C(=O)Nc2ccc(Br)cc21)c1ccc[nH]1. The third-order valence-corrected chi connectivity index (χ3v) is 3.60. The van der Waals surface area contributed by atoms with E-state index in [2.05, 4.69) is 26.2 Å². The molecule has 0 bridgehead atoms. The van der Waals surface area contributed by atoms with Crippen molar-refractivity contribution in [2.75, 3.05) is 5.32 Å². The minimum atomic E-state index is -0.0461. The molecule has 18 heavy (non-hydrogen) atoms. The topological polar surface area (TPSA) is 44.9 Å². The molecule has 3 nitrogen and oxygen atoms in total. The molecule has 1 aromatic heterocycles. The Labute approximate surface area is 113 Å². The summed E-state index contributed by atoms with van der Waals surface area (Å²) >= 11 is 3.44. The zero-order valence-corrected chi connectivity index (χ0v) is 11.3. The van der Waals surface area contributed by atoms with Crippen LogP contribution in [-0.4, -0.2) is 10.9 Å². The van der Waals surface area contributed by atoms with Gasteiger partial charge in [0, 0.05) is 27.6 Å². The van der Waals surface area contributed by atoms with Gasteiger partial charge in [0.2, 0.25) is 0 Å². The van der Waals surface area contributed by atoms with Gasteiger partial charge in [-0.3, -0.25) is 4.79 Å². The minimum absolute atomic E-state index is 0.0461. The summed E-state index contributed by atoms with van der Waals surface area (Å²) in [4.78, 5) is 15.2. The van der Waals surface area contributed by atoms with Crippen LogP contribution in [0.25, 0.3) is 11.1 Å². The second-order valence-corrected chi connectivity index (χ2v) is 5.14. The highest BCUT2D eigenvalue weighted by molar-refractivity contribution is 9.10. The molecule has 0 saturated heterocycles. The van der Waals surface area contributed by atoms with E-state index in [9.17, 15) is 4.79 Å². The van der Waals surface area contributed by atoms with Crippen molar-refractivity contribution in [1.82, 2.24) is 4.98 Å². The van der Waals surface area contributed by atoms with Crippen molar-refractivity contribution in [2.24, 2.45) is 0 Å². The molecule has 1 aliphatic heterocycles. The molecule has 90 valence electrons. The number of carbonyl (C=O) groups excluding carboxylic acids is 1. The largest absolute Gasteiger partial charge is 0.361 e. The molecular formula is C14H11BrN2O. The lowest BCUT2D eigenvalue weighted by Crippen LogP contribution is -2.05. The van der Waals surface area contributed by atoms with E-state index in [4.69, 9.17) is 0 Å². The number of H-pyrrole nitrogens is 1. The molecule has 3 rings (SSSR count). The molecule has 0 unspecified atom stereocenters. The standard InChI is InChI=1S/C14H11BrN2O/c1-8(11-3-2-6-16-11)13-10-7-9(15)4-5-12(10)17-14(13)18/h2-7,16H,1H3,(H,17,18)/b13-8-. The Morgan fingerprint density at radius 3 is 2.83 bits per heavy atom. The molecule has 0 spiro atoms. The van der Waals surface area contributed by atoms with Gasteiger partial charge in [0.15, 0.2) is 0 Å². The summed E-state index contributed by atoms with van der Waals surface area (Å²) in [7, 11) is 0. The second kappa shape index (κ2) is 4.14. The molecular weight excluding hydrogens is 292 g/mol. The normalized spacial score (nSPS) is 16.4. The average Bonchev–Trinajstić information content (AvgIpc) is 2.94. The summed E-state index contributed by atoms with van der Waals surface area (Å²) in [5.74, 6) is -0.0461. The van der Waals surface area contributed by atoms with Crippen LogP contribution in [0.4, 0.5) is 5.69 Å². The first kappa shape index (κ1) is 11.3. The van der Waals surface area contributed by atoms with Crippen LogP contribution in [0, 0.1) is 0 Å². The third kappa shape index (κ3) is 1.69. The number of anilines is 1. The molecule has 1 aromatic carbocycles. The van der Waals surface area contributed by atoms with Crippen LogP contribution >= 0.6 is 15.9 Å². The number of benzene rings is 1. The number of amides is 1. The predicted molar refractivity (Wildman–Crippen MR) is 76.1 cm³/mol. The Bertz CT molecular complexity index is 656. The van der Waals surface area contributed by atoms with Crippen LogP contribution in [0.5, 0.6) is 0 Å². The van der Waals surface area contributed by atoms with Gasteiger partial charge in [0.1, 0.15) is 0 Å². The van der Waals surface area contributed by atoms with Crippen LogP contribution in [0.15, 0.2) is 41.0 Å². The van der Waals surface area contributed by atoms with Crippen molar-refractivity contribution < 1.29 is 4.79 Å². The minimum Gasteiger partial charge on any atom is -0.361 e. The van der Waals surface area contributed by atoms with Gasteiger partial charge in [-0.05, 0) is 42.8 Å². The number of hydrogen-bond acceptors (Lipinski definition) is 1. The van der Waals surface area contributed by atoms with Crippen LogP contribution < -0.4 is 5.32 Å². The van der Waals surface area contributed by atoms with Gasteiger partial charge < -0.3 is 10.3 Å². The van der Waals surface area contributed by atoms with Crippen molar-refractivity contribution in [3.63, 3.8) is 0 Å². The quantitative estimate of drug-likeness (QED) is 0.776. The molecule has 4 heteroatoms. The number of aromatic nitrogens is 1. The highest BCUT2D eigenvalue weighted by Crippen LogP contribution is 2.37. The average molecular weight is 303 g/mol. The monoisotopic (exact) mass is 302 g/mol. The maximum absolute atomic E-state index is 12.1. The zero-order valence-electron chi connectivity index (χ0n) is 9.75. The van der Waals surface area contributed by atoms with Crippen molar-refractivity contribution >= 4 is 38.7 Å². The fourth-order valence-electron chi connectivity index (χ4n) is 2.21. The summed E-state index contributed by atoms with van der Waals surface area (Å²) in [6, 6.07) is 9.69. The van der Waals surface area contributed by atoms with Crippen LogP contribution in [0.2, 0.25) is 0 Å². The van der Waals surface area contributed by atoms with Crippen LogP contribution in [0.1, 0.15) is 18.2 Å². The van der Waals surface area contributed by atoms with E-state index in [1.54, 1.807) is 0 Å². The van der Waals surface area contributed by atoms with Gasteiger partial charge in [-0.1, -0.05) is 15.9 Å². The van der Waals surface area contributed by atoms with Crippen molar-refractivity contribution in [3.05, 3.63) is 52.3 Å². The number of halogens is 1. The van der Waals surface area contributed by atoms with Crippen LogP contribution in [-0.2, 0) is 4.79 Å². The number of carbonyl (C=O) groups is 1. The molecule has 1 aliphatic rings. The summed E-state index contributed by atoms with van der Waals surface area (Å²) in [6.45, 7) is 1.96. The lowest BCUT2D eigenvalue weighted by molar-refractivity contribution is -0.110. The maximum atomic E-state index is 12.1. The molecule has 2 aromatic rings. The molecule has 0 aliphatic carbocycles. The van der Waals surface area contributed by atoms with E-state index >= 15 is 0 Å². The van der Waals surface area contributed by atoms with Crippen molar-refractivity contribution in [2.45, 2.75) is 6.92 Å². The molecule has 2 N–H and O–H groups in total. The number of rotatable bonds is 1. The Kier molecular flexibility index (Phi) is 2.59. The van der Waals surface area contributed by atoms with Gasteiger partial charge in [-0.15, -0.1) is 0 Å². The summed E-state index contributed by atoms with van der Waals surface area (Å²) in [5, 5.41) is 2.89. The molecule has 0 radical (unpaired) electrons. The molecule has 2 heterocycles. The fourth-order valence-corrected chi connectivity index (χ4v) is 2.57. The highest BCUT2D eigenvalue weighted by atomic mass is 79.9. The van der Waals surface area contributed by atoms with E-state index in [1.165, 1.54) is 0 Å². The smallest absolute Gasteiger partial charge is 0.256 e. The van der Waals surface area contributed by atoms with Gasteiger partial charge in [-0.2, -0.15) is 0 Å². The first-order valence-electron chi connectivity index (χ1n) is 5.63. The predicted octanol–water partition coefficient (Wildman–Crippen LogP) is 3.66. The molecule has 0 fully saturated rings. The number of aromatic amines is 1. The van der Waals surface area contributed by atoms with Crippen molar-refractivity contribution in [3.8, 4) is 0 Å². The van der Waals surface area contributed by atoms with Gasteiger partial charge in [0.05, 0.1) is 5.57 Å². The number of nitrogens with one attached hydrogen (secondary N) is 2. The summed E-state index contributed by atoms with van der Waals surface area (Å²) in [6.07, 6.45) is 1.86. The Hall–Kier alpha value is -1.81. The third-order valence-electron chi connectivity index (χ3n) is 3.10. The Balaban J connectivity index is 2.23. The van der Waals surface area contributed by atoms with E-state index in [1.807, 2.05) is 43.5 Å². The molecule has 0 saturated carbocycles. The van der Waals surface area contributed by atoms with E-state index in [0.29, 0.717) is 0 Å². The van der Waals surface area contributed by atoms with Gasteiger partial charge in [0.25, 0.3) is 5.91 Å². The lowest BCUT2D eigenvalue weighted by atomic mass is 10.0. The molecule has 0 atom stereocenters. The van der Waals surface area contributed by atoms with Gasteiger partial charge in [-0.25, -0.2) is 0 Å². The Morgan fingerprint density at radius 2 is 2.11 bits per heavy atom. The summed E-state index contributed by atoms with van der Waals surface area (Å²) in [5.41, 5.74) is 4.46. The van der Waals surface area contributed by atoms with E-state index < -0.39 is 0 Å². The van der Waals surface area contributed by atoms with Gasteiger partial charge >= 0.3 is 0 Å². The summed E-state index contributed by atoms with van der Waals surface area (Å²) < 4.78 is 0.967. The molecule has 1 amide bonds. The first-order valence-corrected chi connectivity index (χ1v) is 6.42. The lowest BCUT2D eigenvalue weighted by Gasteiger charge is -2.04. The van der Waals surface area contributed by atoms with E-state index in [-0.39, 0.29) is 5.91 Å². The zero-order chi connectivity index (χ0) is 12.7. The second-order valence-electron chi connectivity index (χ2n) is 4.23. The van der Waals surface area contributed by atoms with Crippen molar-refractivity contribution in [1.29, 1.82) is 0 Å². The van der Waals surface area contributed by atoms with E-state index in [0.717, 1.165) is 32.6 Å². The number of allylic oxidation sites excluding steroid dienone is 1.